The topological polar surface area (TPSA) is 124 Å². The second kappa shape index (κ2) is 4.97. The number of hydrogen-bond acceptors (Lipinski definition) is 5. The summed E-state index contributed by atoms with van der Waals surface area (Å²) < 4.78 is 3.42. The molecule has 8 heteroatoms. The Hall–Kier alpha value is -3.55. The standard InChI is InChI=1S/C17H16N6O2/c1-8-3-4-10(24)9(2)13(8)23-14-12(11(15(23)18)16(19)25)21-7-22-6-5-20-17(14)22/h3-7,24H,18H2,1-2H3,(H2,19,25). The van der Waals surface area contributed by atoms with Gasteiger partial charge >= 0.3 is 0 Å². The number of amides is 1. The fourth-order valence-electron chi connectivity index (χ4n) is 3.26. The van der Waals surface area contributed by atoms with Crippen LogP contribution in [0.15, 0.2) is 30.9 Å². The first kappa shape index (κ1) is 15.0. The number of phenols is 1. The molecule has 1 amide bonds. The molecule has 0 bridgehead atoms. The molecule has 0 unspecified atom stereocenters. The third-order valence-corrected chi connectivity index (χ3v) is 4.45. The number of rotatable bonds is 2. The maximum absolute atomic E-state index is 12.0. The number of primary amides is 1. The lowest BCUT2D eigenvalue weighted by atomic mass is 10.1. The summed E-state index contributed by atoms with van der Waals surface area (Å²) in [6.07, 6.45) is 4.95. The van der Waals surface area contributed by atoms with E-state index in [9.17, 15) is 9.90 Å². The van der Waals surface area contributed by atoms with Crippen LogP contribution in [0.5, 0.6) is 5.75 Å². The number of fused-ring (bicyclic) bond motifs is 3. The van der Waals surface area contributed by atoms with E-state index in [1.54, 1.807) is 46.7 Å². The summed E-state index contributed by atoms with van der Waals surface area (Å²) in [5.41, 5.74) is 15.7. The highest BCUT2D eigenvalue weighted by atomic mass is 16.3. The molecule has 8 nitrogen and oxygen atoms in total. The van der Waals surface area contributed by atoms with Crippen molar-refractivity contribution in [2.24, 2.45) is 5.73 Å². The van der Waals surface area contributed by atoms with Crippen LogP contribution >= 0.6 is 0 Å². The van der Waals surface area contributed by atoms with E-state index < -0.39 is 5.91 Å². The molecule has 3 aromatic heterocycles. The van der Waals surface area contributed by atoms with Gasteiger partial charge in [0.05, 0.1) is 5.69 Å². The quantitative estimate of drug-likeness (QED) is 0.513. The first-order valence-corrected chi connectivity index (χ1v) is 7.62. The number of nitrogen functional groups attached to an aromatic ring is 1. The molecule has 0 atom stereocenters. The van der Waals surface area contributed by atoms with Crippen molar-refractivity contribution in [1.29, 1.82) is 0 Å². The fraction of sp³-hybridized carbons (Fsp3) is 0.118. The summed E-state index contributed by atoms with van der Waals surface area (Å²) in [4.78, 5) is 20.7. The van der Waals surface area contributed by atoms with E-state index in [2.05, 4.69) is 9.97 Å². The SMILES string of the molecule is Cc1ccc(O)c(C)c1-n1c(N)c(C(N)=O)c2ncn3ccnc3c21. The molecule has 0 fully saturated rings. The third kappa shape index (κ3) is 1.90. The summed E-state index contributed by atoms with van der Waals surface area (Å²) in [5, 5.41) is 10.2. The minimum absolute atomic E-state index is 0.130. The van der Waals surface area contributed by atoms with Crippen LogP contribution in [0.1, 0.15) is 21.5 Å². The Labute approximate surface area is 142 Å². The van der Waals surface area contributed by atoms with Crippen molar-refractivity contribution in [3.63, 3.8) is 0 Å². The Morgan fingerprint density at radius 3 is 2.72 bits per heavy atom. The third-order valence-electron chi connectivity index (χ3n) is 4.45. The molecule has 126 valence electrons. The van der Waals surface area contributed by atoms with Gasteiger partial charge in [-0.15, -0.1) is 0 Å². The van der Waals surface area contributed by atoms with Gasteiger partial charge in [0.15, 0.2) is 5.65 Å². The van der Waals surface area contributed by atoms with E-state index in [0.717, 1.165) is 5.56 Å². The first-order chi connectivity index (χ1) is 11.9. The zero-order valence-corrected chi connectivity index (χ0v) is 13.7. The lowest BCUT2D eigenvalue weighted by molar-refractivity contribution is 0.100. The second-order valence-corrected chi connectivity index (χ2v) is 5.93. The van der Waals surface area contributed by atoms with Gasteiger partial charge in [-0.3, -0.25) is 13.8 Å². The Morgan fingerprint density at radius 2 is 2.00 bits per heavy atom. The van der Waals surface area contributed by atoms with Crippen LogP contribution in [-0.2, 0) is 0 Å². The Bertz CT molecular complexity index is 1170. The minimum atomic E-state index is -0.667. The number of phenolic OH excluding ortho intramolecular Hbond substituents is 1. The van der Waals surface area contributed by atoms with Crippen LogP contribution in [0.25, 0.3) is 22.4 Å². The highest BCUT2D eigenvalue weighted by Gasteiger charge is 2.25. The summed E-state index contributed by atoms with van der Waals surface area (Å²) in [6, 6.07) is 3.40. The smallest absolute Gasteiger partial charge is 0.254 e. The van der Waals surface area contributed by atoms with E-state index in [1.807, 2.05) is 6.92 Å². The van der Waals surface area contributed by atoms with Crippen LogP contribution < -0.4 is 11.5 Å². The monoisotopic (exact) mass is 336 g/mol. The van der Waals surface area contributed by atoms with Crippen molar-refractivity contribution in [2.45, 2.75) is 13.8 Å². The van der Waals surface area contributed by atoms with E-state index in [4.69, 9.17) is 11.5 Å². The van der Waals surface area contributed by atoms with Gasteiger partial charge in [0, 0.05) is 18.0 Å². The molecule has 0 aliphatic rings. The average Bonchev–Trinajstić information content (AvgIpc) is 3.14. The van der Waals surface area contributed by atoms with Crippen LogP contribution in [0.4, 0.5) is 5.82 Å². The number of carbonyl (C=O) groups excluding carboxylic acids is 1. The van der Waals surface area contributed by atoms with Crippen LogP contribution in [0, 0.1) is 13.8 Å². The fourth-order valence-corrected chi connectivity index (χ4v) is 3.26. The molecule has 1 aromatic carbocycles. The maximum Gasteiger partial charge on any atom is 0.254 e. The number of aryl methyl sites for hydroxylation is 1. The number of aromatic hydroxyl groups is 1. The van der Waals surface area contributed by atoms with Gasteiger partial charge in [0.2, 0.25) is 0 Å². The highest BCUT2D eigenvalue weighted by Crippen LogP contribution is 2.36. The Kier molecular flexibility index (Phi) is 2.98. The molecular weight excluding hydrogens is 320 g/mol. The van der Waals surface area contributed by atoms with Crippen molar-refractivity contribution in [3.8, 4) is 11.4 Å². The molecule has 5 N–H and O–H groups in total. The number of carbonyl (C=O) groups is 1. The van der Waals surface area contributed by atoms with Crippen molar-refractivity contribution in [1.82, 2.24) is 18.9 Å². The zero-order chi connectivity index (χ0) is 17.9. The van der Waals surface area contributed by atoms with Crippen LogP contribution in [0.2, 0.25) is 0 Å². The molecule has 0 spiro atoms. The lowest BCUT2D eigenvalue weighted by Crippen LogP contribution is -2.14. The van der Waals surface area contributed by atoms with Crippen LogP contribution in [-0.4, -0.2) is 29.9 Å². The van der Waals surface area contributed by atoms with Gasteiger partial charge in [-0.05, 0) is 25.5 Å². The predicted octanol–water partition coefficient (Wildman–Crippen LogP) is 1.68. The Morgan fingerprint density at radius 1 is 1.24 bits per heavy atom. The normalized spacial score (nSPS) is 11.4. The molecule has 3 heterocycles. The van der Waals surface area contributed by atoms with Crippen molar-refractivity contribution >= 4 is 28.4 Å². The minimum Gasteiger partial charge on any atom is -0.508 e. The van der Waals surface area contributed by atoms with E-state index in [0.29, 0.717) is 27.9 Å². The summed E-state index contributed by atoms with van der Waals surface area (Å²) in [6.45, 7) is 3.68. The average molecular weight is 336 g/mol. The number of hydrogen-bond donors (Lipinski definition) is 3. The summed E-state index contributed by atoms with van der Waals surface area (Å²) in [5.74, 6) is -0.367. The van der Waals surface area contributed by atoms with E-state index >= 15 is 0 Å². The largest absolute Gasteiger partial charge is 0.508 e. The number of anilines is 1. The highest BCUT2D eigenvalue weighted by molar-refractivity contribution is 6.12. The number of aromatic nitrogens is 4. The molecule has 25 heavy (non-hydrogen) atoms. The Balaban J connectivity index is 2.29. The molecule has 0 saturated carbocycles. The van der Waals surface area contributed by atoms with Crippen molar-refractivity contribution < 1.29 is 9.90 Å². The number of imidazole rings is 1. The lowest BCUT2D eigenvalue weighted by Gasteiger charge is -2.15. The van der Waals surface area contributed by atoms with Gasteiger partial charge in [-0.1, -0.05) is 6.07 Å². The van der Waals surface area contributed by atoms with Gasteiger partial charge in [0.25, 0.3) is 5.91 Å². The molecule has 4 rings (SSSR count). The first-order valence-electron chi connectivity index (χ1n) is 7.62. The number of nitrogens with zero attached hydrogens (tertiary/aromatic N) is 4. The van der Waals surface area contributed by atoms with Gasteiger partial charge < -0.3 is 16.6 Å². The molecule has 0 aliphatic carbocycles. The maximum atomic E-state index is 12.0. The van der Waals surface area contributed by atoms with Gasteiger partial charge in [0.1, 0.15) is 34.5 Å². The molecule has 0 aliphatic heterocycles. The van der Waals surface area contributed by atoms with Crippen molar-refractivity contribution in [3.05, 3.63) is 47.5 Å². The summed E-state index contributed by atoms with van der Waals surface area (Å²) in [7, 11) is 0. The molecular formula is C17H16N6O2. The van der Waals surface area contributed by atoms with E-state index in [1.165, 1.54) is 0 Å². The van der Waals surface area contributed by atoms with E-state index in [-0.39, 0.29) is 17.1 Å². The number of benzene rings is 1. The zero-order valence-electron chi connectivity index (χ0n) is 13.7. The van der Waals surface area contributed by atoms with Crippen molar-refractivity contribution in [2.75, 3.05) is 5.73 Å². The van der Waals surface area contributed by atoms with Gasteiger partial charge in [-0.25, -0.2) is 9.97 Å². The molecule has 0 radical (unpaired) electrons. The second-order valence-electron chi connectivity index (χ2n) is 5.93. The number of nitrogens with two attached hydrogens (primary N) is 2. The van der Waals surface area contributed by atoms with Gasteiger partial charge in [-0.2, -0.15) is 0 Å². The predicted molar refractivity (Wildman–Crippen MR) is 93.9 cm³/mol. The molecule has 4 aromatic rings. The van der Waals surface area contributed by atoms with Crippen LogP contribution in [0.3, 0.4) is 0 Å². The molecule has 0 saturated heterocycles. The summed E-state index contributed by atoms with van der Waals surface area (Å²) >= 11 is 0.